The van der Waals surface area contributed by atoms with Gasteiger partial charge < -0.3 is 0 Å². The summed E-state index contributed by atoms with van der Waals surface area (Å²) in [6, 6.07) is 13.0. The molecule has 0 radical (unpaired) electrons. The third kappa shape index (κ3) is 6.28. The number of carbonyl (C=O) groups excluding carboxylic acids is 6. The average Bonchev–Trinajstić information content (AvgIpc) is 3.89. The van der Waals surface area contributed by atoms with E-state index in [0.29, 0.717) is 36.0 Å². The zero-order valence-electron chi connectivity index (χ0n) is 27.9. The van der Waals surface area contributed by atoms with Crippen molar-refractivity contribution in [2.24, 2.45) is 5.41 Å². The van der Waals surface area contributed by atoms with E-state index < -0.39 is 31.9 Å². The van der Waals surface area contributed by atoms with Gasteiger partial charge in [-0.3, -0.25) is 38.6 Å². The maximum Gasteiger partial charge on any atom is 0.268 e. The van der Waals surface area contributed by atoms with Crippen molar-refractivity contribution in [1.82, 2.24) is 18.4 Å². The Hall–Kier alpha value is -4.96. The summed E-state index contributed by atoms with van der Waals surface area (Å²) in [6.07, 6.45) is 9.43. The molecule has 4 heterocycles. The molecular formula is C34H36N4O10S2. The van der Waals surface area contributed by atoms with Crippen LogP contribution in [0, 0.1) is 5.41 Å². The monoisotopic (exact) mass is 724 g/mol. The lowest BCUT2D eigenvalue weighted by molar-refractivity contribution is -0.151. The fourth-order valence-corrected chi connectivity index (χ4v) is 9.18. The molecule has 2 saturated heterocycles. The molecule has 4 aliphatic heterocycles. The number of piperidine rings is 1. The molecule has 2 aromatic rings. The zero-order valence-corrected chi connectivity index (χ0v) is 29.5. The Morgan fingerprint density at radius 1 is 0.560 bits per heavy atom. The molecule has 264 valence electrons. The molecule has 0 bridgehead atoms. The molecule has 1 spiro atoms. The molecule has 14 nitrogen and oxygen atoms in total. The number of rotatable bonds is 0. The molecule has 0 N–H and O–H groups in total. The SMILES string of the molecule is CN1C(=O)C2=CCC=C2S1(=O)=O.CN1C(=O)CC2(CCCC2)CC1=O.CN1C(=O)c2ccccc2C1=O.CN1C(=O)c2ccccc2S1(=O)=O. The van der Waals surface area contributed by atoms with Crippen LogP contribution in [-0.2, 0) is 34.4 Å². The third-order valence-electron chi connectivity index (χ3n) is 9.55. The molecule has 3 fully saturated rings. The maximum absolute atomic E-state index is 11.5. The summed E-state index contributed by atoms with van der Waals surface area (Å²) in [5.74, 6) is -1.28. The van der Waals surface area contributed by atoms with Gasteiger partial charge in [-0.2, -0.15) is 0 Å². The quantitative estimate of drug-likeness (QED) is 0.366. The van der Waals surface area contributed by atoms with Crippen molar-refractivity contribution in [1.29, 1.82) is 0 Å². The second-order valence-electron chi connectivity index (χ2n) is 12.6. The van der Waals surface area contributed by atoms with Gasteiger partial charge in [-0.05, 0) is 48.9 Å². The number of imide groups is 2. The van der Waals surface area contributed by atoms with Gasteiger partial charge in [0.05, 0.1) is 27.2 Å². The van der Waals surface area contributed by atoms with Crippen LogP contribution in [0.4, 0.5) is 0 Å². The Labute approximate surface area is 290 Å². The Morgan fingerprint density at radius 2 is 1.04 bits per heavy atom. The molecule has 0 atom stereocenters. The van der Waals surface area contributed by atoms with Crippen molar-refractivity contribution < 1.29 is 45.6 Å². The average molecular weight is 725 g/mol. The smallest absolute Gasteiger partial charge is 0.268 e. The van der Waals surface area contributed by atoms with Crippen molar-refractivity contribution in [3.05, 3.63) is 87.9 Å². The van der Waals surface area contributed by atoms with Gasteiger partial charge in [-0.15, -0.1) is 0 Å². The number of benzene rings is 2. The lowest BCUT2D eigenvalue weighted by Crippen LogP contribution is -2.44. The Morgan fingerprint density at radius 3 is 1.54 bits per heavy atom. The van der Waals surface area contributed by atoms with Crippen LogP contribution in [0.5, 0.6) is 0 Å². The fraction of sp³-hybridized carbons (Fsp3) is 0.353. The van der Waals surface area contributed by atoms with Gasteiger partial charge in [0, 0.05) is 41.0 Å². The highest BCUT2D eigenvalue weighted by Crippen LogP contribution is 2.46. The van der Waals surface area contributed by atoms with Gasteiger partial charge in [0.2, 0.25) is 11.8 Å². The maximum atomic E-state index is 11.5. The van der Waals surface area contributed by atoms with Gasteiger partial charge >= 0.3 is 0 Å². The van der Waals surface area contributed by atoms with Gasteiger partial charge in [-0.25, -0.2) is 25.4 Å². The predicted molar refractivity (Wildman–Crippen MR) is 179 cm³/mol. The van der Waals surface area contributed by atoms with Crippen molar-refractivity contribution in [2.45, 2.75) is 49.8 Å². The van der Waals surface area contributed by atoms with Crippen LogP contribution in [0.25, 0.3) is 0 Å². The summed E-state index contributed by atoms with van der Waals surface area (Å²) in [4.78, 5) is 70.9. The van der Waals surface area contributed by atoms with Crippen LogP contribution in [0.3, 0.4) is 0 Å². The highest BCUT2D eigenvalue weighted by molar-refractivity contribution is 7.94. The van der Waals surface area contributed by atoms with E-state index in [1.165, 1.54) is 51.0 Å². The standard InChI is InChI=1S/C10H15NO2.C9H7NO2.C8H7NO3S.C7H7NO3S/c1-11-8(12)6-10(7-9(11)13)4-2-3-5-10;1-10-8(11)6-4-2-3-5-7(6)9(10)12;1-9-8(10)6-4-2-3-5-7(6)13(9,11)12;1-8-7(9)5-3-2-4-6(5)12(8,10)11/h2-7H2,1H3;2-5H,1H3;2-5H,1H3;3-4H,2H2,1H3. The molecule has 50 heavy (non-hydrogen) atoms. The molecule has 2 aliphatic carbocycles. The normalized spacial score (nSPS) is 21.8. The van der Waals surface area contributed by atoms with Crippen molar-refractivity contribution in [3.8, 4) is 0 Å². The molecular weight excluding hydrogens is 689 g/mol. The Balaban J connectivity index is 0.000000130. The molecule has 0 unspecified atom stereocenters. The number of carbonyl (C=O) groups is 6. The minimum Gasteiger partial charge on any atom is -0.286 e. The molecule has 6 amide bonds. The van der Waals surface area contributed by atoms with Gasteiger partial charge in [-0.1, -0.05) is 49.3 Å². The van der Waals surface area contributed by atoms with Crippen LogP contribution in [-0.4, -0.2) is 98.9 Å². The van der Waals surface area contributed by atoms with Gasteiger partial charge in [0.1, 0.15) is 4.90 Å². The van der Waals surface area contributed by atoms with E-state index in [2.05, 4.69) is 0 Å². The lowest BCUT2D eigenvalue weighted by Gasteiger charge is -2.35. The Kier molecular flexibility index (Phi) is 9.73. The van der Waals surface area contributed by atoms with E-state index in [-0.39, 0.29) is 44.4 Å². The summed E-state index contributed by atoms with van der Waals surface area (Å²) in [5.41, 5.74) is 1.65. The first-order chi connectivity index (χ1) is 23.4. The minimum absolute atomic E-state index is 0.0122. The lowest BCUT2D eigenvalue weighted by atomic mass is 9.76. The van der Waals surface area contributed by atoms with E-state index in [4.69, 9.17) is 0 Å². The number of sulfonamides is 2. The van der Waals surface area contributed by atoms with Crippen molar-refractivity contribution in [2.75, 3.05) is 28.2 Å². The van der Waals surface area contributed by atoms with E-state index in [9.17, 15) is 45.6 Å². The number of allylic oxidation sites excluding steroid dienone is 2. The molecule has 6 aliphatic rings. The highest BCUT2D eigenvalue weighted by Gasteiger charge is 2.44. The van der Waals surface area contributed by atoms with Crippen LogP contribution in [0.1, 0.15) is 76.0 Å². The number of likely N-dealkylation sites (tertiary alicyclic amines) is 1. The second kappa shape index (κ2) is 13.4. The summed E-state index contributed by atoms with van der Waals surface area (Å²) < 4.78 is 47.3. The first-order valence-electron chi connectivity index (χ1n) is 15.7. The molecule has 8 rings (SSSR count). The van der Waals surface area contributed by atoms with E-state index in [1.807, 2.05) is 0 Å². The van der Waals surface area contributed by atoms with E-state index >= 15 is 0 Å². The largest absolute Gasteiger partial charge is 0.286 e. The van der Waals surface area contributed by atoms with Gasteiger partial charge in [0.15, 0.2) is 0 Å². The van der Waals surface area contributed by atoms with Crippen molar-refractivity contribution >= 4 is 55.5 Å². The Bertz CT molecular complexity index is 2060. The fourth-order valence-electron chi connectivity index (χ4n) is 6.52. The first-order valence-corrected chi connectivity index (χ1v) is 18.6. The number of likely N-dealkylation sites (N-methyl/N-ethyl adjacent to an activating group) is 1. The zero-order chi connectivity index (χ0) is 36.8. The van der Waals surface area contributed by atoms with Crippen LogP contribution in [0.15, 0.2) is 76.1 Å². The summed E-state index contributed by atoms with van der Waals surface area (Å²) in [7, 11) is -1.41. The number of fused-ring (bicyclic) bond motifs is 3. The third-order valence-corrected chi connectivity index (χ3v) is 13.2. The summed E-state index contributed by atoms with van der Waals surface area (Å²) in [6.45, 7) is 0. The number of amides is 6. The number of hydrogen-bond acceptors (Lipinski definition) is 10. The molecule has 2 aromatic carbocycles. The molecule has 16 heteroatoms. The summed E-state index contributed by atoms with van der Waals surface area (Å²) in [5, 5.41) is 0. The predicted octanol–water partition coefficient (Wildman–Crippen LogP) is 2.70. The van der Waals surface area contributed by atoms with Crippen LogP contribution < -0.4 is 0 Å². The molecule has 1 saturated carbocycles. The van der Waals surface area contributed by atoms with E-state index in [0.717, 1.165) is 26.4 Å². The highest BCUT2D eigenvalue weighted by atomic mass is 32.2. The van der Waals surface area contributed by atoms with Crippen LogP contribution in [0.2, 0.25) is 0 Å². The topological polar surface area (TPSA) is 184 Å². The minimum atomic E-state index is -3.55. The molecule has 0 aromatic heterocycles. The van der Waals surface area contributed by atoms with Gasteiger partial charge in [0.25, 0.3) is 43.7 Å². The van der Waals surface area contributed by atoms with E-state index in [1.54, 1.807) is 55.6 Å². The number of nitrogens with zero attached hydrogens (tertiary/aromatic N) is 4. The second-order valence-corrected chi connectivity index (χ2v) is 16.5. The summed E-state index contributed by atoms with van der Waals surface area (Å²) >= 11 is 0. The number of hydrogen-bond donors (Lipinski definition) is 0. The first kappa shape index (κ1) is 36.3. The van der Waals surface area contributed by atoms with Crippen molar-refractivity contribution in [3.63, 3.8) is 0 Å². The van der Waals surface area contributed by atoms with Crippen LogP contribution >= 0.6 is 0 Å².